The maximum Gasteiger partial charge on any atom is 0.308 e. The molecule has 4 rings (SSSR count). The lowest BCUT2D eigenvalue weighted by Crippen LogP contribution is -2.45. The highest BCUT2D eigenvalue weighted by Crippen LogP contribution is 2.41. The Kier molecular flexibility index (Phi) is 10.2. The minimum atomic E-state index is -0.819. The number of rotatable bonds is 14. The van der Waals surface area contributed by atoms with Crippen LogP contribution in [-0.2, 0) is 25.5 Å². The van der Waals surface area contributed by atoms with Gasteiger partial charge in [-0.1, -0.05) is 25.5 Å². The second-order valence-corrected chi connectivity index (χ2v) is 10.4. The van der Waals surface area contributed by atoms with E-state index in [0.29, 0.717) is 52.3 Å². The van der Waals surface area contributed by atoms with Crippen LogP contribution in [0.5, 0.6) is 5.75 Å². The molecule has 2 fully saturated rings. The molecule has 3 aliphatic rings. The fourth-order valence-electron chi connectivity index (χ4n) is 5.94. The molecule has 3 unspecified atom stereocenters. The van der Waals surface area contributed by atoms with Crippen molar-refractivity contribution in [3.8, 4) is 5.75 Å². The van der Waals surface area contributed by atoms with Gasteiger partial charge in [0.25, 0.3) is 0 Å². The summed E-state index contributed by atoms with van der Waals surface area (Å²) < 4.78 is 16.9. The Bertz CT molecular complexity index is 906. The number of carbonyl (C=O) groups excluding carboxylic acids is 1. The molecular weight excluding hydrogens is 474 g/mol. The van der Waals surface area contributed by atoms with Gasteiger partial charge in [0.2, 0.25) is 5.91 Å². The minimum Gasteiger partial charge on any atom is -0.493 e. The summed E-state index contributed by atoms with van der Waals surface area (Å²) in [5.41, 5.74) is 7.82. The molecule has 0 spiro atoms. The predicted molar refractivity (Wildman–Crippen MR) is 140 cm³/mol. The number of fused-ring (bicyclic) bond motifs is 1. The number of unbranched alkanes of at least 4 members (excludes halogenated alkanes) is 2. The molecule has 0 bridgehead atoms. The average molecular weight is 518 g/mol. The Labute approximate surface area is 220 Å². The first-order valence-electron chi connectivity index (χ1n) is 13.9. The fraction of sp³-hybridized carbons (Fsp3) is 0.714. The van der Waals surface area contributed by atoms with E-state index in [-0.39, 0.29) is 30.7 Å². The molecule has 0 radical (unpaired) electrons. The first-order chi connectivity index (χ1) is 18.0. The summed E-state index contributed by atoms with van der Waals surface area (Å²) in [6, 6.07) is 5.79. The number of carboxylic acids is 1. The van der Waals surface area contributed by atoms with Gasteiger partial charge >= 0.3 is 5.97 Å². The molecule has 1 aromatic rings. The molecule has 206 valence electrons. The molecule has 37 heavy (non-hydrogen) atoms. The number of benzene rings is 1. The van der Waals surface area contributed by atoms with Crippen molar-refractivity contribution in [1.29, 1.82) is 0 Å². The van der Waals surface area contributed by atoms with E-state index in [0.717, 1.165) is 55.5 Å². The van der Waals surface area contributed by atoms with Gasteiger partial charge in [0.1, 0.15) is 5.75 Å². The normalized spacial score (nSPS) is 23.8. The Hall–Kier alpha value is -2.20. The largest absolute Gasteiger partial charge is 0.493 e. The summed E-state index contributed by atoms with van der Waals surface area (Å²) in [6.45, 7) is 6.69. The van der Waals surface area contributed by atoms with E-state index in [1.54, 1.807) is 0 Å². The molecule has 0 saturated carbocycles. The van der Waals surface area contributed by atoms with Crippen molar-refractivity contribution in [3.63, 3.8) is 0 Å². The third-order valence-electron chi connectivity index (χ3n) is 7.92. The highest BCUT2D eigenvalue weighted by atomic mass is 16.7. The van der Waals surface area contributed by atoms with Gasteiger partial charge in [-0.05, 0) is 55.8 Å². The first-order valence-corrected chi connectivity index (χ1v) is 13.9. The van der Waals surface area contributed by atoms with Crippen molar-refractivity contribution >= 4 is 11.9 Å². The first kappa shape index (κ1) is 27.8. The lowest BCUT2D eigenvalue weighted by atomic mass is 9.83. The second kappa shape index (κ2) is 13.6. The van der Waals surface area contributed by atoms with Crippen LogP contribution in [0.25, 0.3) is 0 Å². The topological polar surface area (TPSA) is 115 Å². The quantitative estimate of drug-likeness (QED) is 0.362. The monoisotopic (exact) mass is 517 g/mol. The van der Waals surface area contributed by atoms with E-state index in [2.05, 4.69) is 17.9 Å². The number of hydrogen-bond donors (Lipinski definition) is 2. The van der Waals surface area contributed by atoms with Gasteiger partial charge in [-0.3, -0.25) is 14.5 Å². The third kappa shape index (κ3) is 7.02. The number of hydrogen-bond acceptors (Lipinski definition) is 7. The molecule has 3 atom stereocenters. The fourth-order valence-corrected chi connectivity index (χ4v) is 5.94. The maximum atomic E-state index is 13.5. The summed E-state index contributed by atoms with van der Waals surface area (Å²) in [4.78, 5) is 30.2. The van der Waals surface area contributed by atoms with Crippen LogP contribution in [0.2, 0.25) is 0 Å². The lowest BCUT2D eigenvalue weighted by Gasteiger charge is -2.30. The number of nitrogens with zero attached hydrogens (tertiary/aromatic N) is 2. The van der Waals surface area contributed by atoms with E-state index in [1.807, 2.05) is 17.0 Å². The second-order valence-electron chi connectivity index (χ2n) is 10.4. The zero-order chi connectivity index (χ0) is 26.2. The van der Waals surface area contributed by atoms with Crippen molar-refractivity contribution in [1.82, 2.24) is 9.80 Å². The summed E-state index contributed by atoms with van der Waals surface area (Å²) in [7, 11) is 0. The van der Waals surface area contributed by atoms with Gasteiger partial charge in [-0.2, -0.15) is 0 Å². The van der Waals surface area contributed by atoms with Crippen LogP contribution in [0.15, 0.2) is 18.2 Å². The number of likely N-dealkylation sites (tertiary alicyclic amines) is 1. The molecule has 0 aromatic heterocycles. The summed E-state index contributed by atoms with van der Waals surface area (Å²) in [6.07, 6.45) is 5.47. The van der Waals surface area contributed by atoms with E-state index in [1.165, 1.54) is 0 Å². The van der Waals surface area contributed by atoms with E-state index >= 15 is 0 Å². The van der Waals surface area contributed by atoms with Crippen LogP contribution in [0.1, 0.15) is 62.5 Å². The third-order valence-corrected chi connectivity index (χ3v) is 7.92. The van der Waals surface area contributed by atoms with Crippen molar-refractivity contribution in [3.05, 3.63) is 29.3 Å². The molecular formula is C28H43N3O6. The van der Waals surface area contributed by atoms with Gasteiger partial charge in [-0.25, -0.2) is 0 Å². The molecule has 1 aromatic carbocycles. The summed E-state index contributed by atoms with van der Waals surface area (Å²) in [5, 5.41) is 10.4. The standard InChI is InChI=1S/C28H43N3O6/c1-2-3-12-30(13-5-4-11-29)25(32)19-31-18-22(20-6-8-24-21(17-20)10-14-35-24)27(28(33)34)23(31)7-9-26-36-15-16-37-26/h6,8,17,22-23,26-27H,2-5,7,9-16,18-19,29H2,1H3,(H,33,34). The smallest absolute Gasteiger partial charge is 0.308 e. The van der Waals surface area contributed by atoms with E-state index in [9.17, 15) is 14.7 Å². The van der Waals surface area contributed by atoms with Crippen LogP contribution in [0.4, 0.5) is 0 Å². The maximum absolute atomic E-state index is 13.5. The van der Waals surface area contributed by atoms with Gasteiger partial charge in [-0.15, -0.1) is 0 Å². The van der Waals surface area contributed by atoms with Gasteiger partial charge < -0.3 is 30.0 Å². The van der Waals surface area contributed by atoms with Gasteiger partial charge in [0, 0.05) is 38.0 Å². The SMILES string of the molecule is CCCCN(CCCCN)C(=O)CN1CC(c2ccc3c(c2)CCO3)C(C(=O)O)C1CCC1OCCO1. The Morgan fingerprint density at radius 3 is 2.62 bits per heavy atom. The van der Waals surface area contributed by atoms with Crippen LogP contribution in [-0.4, -0.2) is 91.7 Å². The van der Waals surface area contributed by atoms with Crippen LogP contribution in [0, 0.1) is 5.92 Å². The van der Waals surface area contributed by atoms with Crippen molar-refractivity contribution in [2.75, 3.05) is 52.5 Å². The van der Waals surface area contributed by atoms with Crippen molar-refractivity contribution < 1.29 is 28.9 Å². The van der Waals surface area contributed by atoms with Gasteiger partial charge in [0.15, 0.2) is 6.29 Å². The van der Waals surface area contributed by atoms with Crippen molar-refractivity contribution in [2.24, 2.45) is 11.7 Å². The molecule has 3 N–H and O–H groups in total. The van der Waals surface area contributed by atoms with E-state index in [4.69, 9.17) is 19.9 Å². The molecule has 2 saturated heterocycles. The minimum absolute atomic E-state index is 0.0657. The molecule has 9 nitrogen and oxygen atoms in total. The Morgan fingerprint density at radius 2 is 1.89 bits per heavy atom. The number of ether oxygens (including phenoxy) is 3. The predicted octanol–water partition coefficient (Wildman–Crippen LogP) is 2.61. The Morgan fingerprint density at radius 1 is 1.11 bits per heavy atom. The molecule has 9 heteroatoms. The number of carboxylic acid groups (broad SMARTS) is 1. The highest BCUT2D eigenvalue weighted by Gasteiger charge is 2.47. The van der Waals surface area contributed by atoms with Gasteiger partial charge in [0.05, 0.1) is 32.3 Å². The van der Waals surface area contributed by atoms with Crippen LogP contribution in [0.3, 0.4) is 0 Å². The number of carbonyl (C=O) groups is 2. The summed E-state index contributed by atoms with van der Waals surface area (Å²) >= 11 is 0. The molecule has 1 amide bonds. The number of nitrogens with two attached hydrogens (primary N) is 1. The molecule has 3 heterocycles. The number of amides is 1. The van der Waals surface area contributed by atoms with Crippen LogP contribution >= 0.6 is 0 Å². The van der Waals surface area contributed by atoms with Crippen LogP contribution < -0.4 is 10.5 Å². The Balaban J connectivity index is 1.54. The lowest BCUT2D eigenvalue weighted by molar-refractivity contribution is -0.144. The van der Waals surface area contributed by atoms with Crippen molar-refractivity contribution in [2.45, 2.75) is 70.1 Å². The average Bonchev–Trinajstić information content (AvgIpc) is 3.64. The zero-order valence-electron chi connectivity index (χ0n) is 22.1. The summed E-state index contributed by atoms with van der Waals surface area (Å²) in [5.74, 6) is -0.683. The highest BCUT2D eigenvalue weighted by molar-refractivity contribution is 5.79. The van der Waals surface area contributed by atoms with E-state index < -0.39 is 11.9 Å². The zero-order valence-corrected chi connectivity index (χ0v) is 22.1. The molecule has 3 aliphatic heterocycles. The molecule has 0 aliphatic carbocycles. The number of aliphatic carboxylic acids is 1.